The Morgan fingerprint density at radius 2 is 2.00 bits per heavy atom. The van der Waals surface area contributed by atoms with Crippen molar-refractivity contribution >= 4 is 5.65 Å². The van der Waals surface area contributed by atoms with E-state index in [-0.39, 0.29) is 0 Å². The highest BCUT2D eigenvalue weighted by Gasteiger charge is 2.17. The molecular formula is C20H25N5O. The number of ether oxygens (including phenoxy) is 1. The fraction of sp³-hybridized carbons (Fsp3) is 0.500. The molecule has 1 aliphatic heterocycles. The number of aromatic nitrogens is 5. The van der Waals surface area contributed by atoms with Gasteiger partial charge in [-0.25, -0.2) is 15.0 Å². The third-order valence-corrected chi connectivity index (χ3v) is 4.88. The van der Waals surface area contributed by atoms with Gasteiger partial charge >= 0.3 is 0 Å². The van der Waals surface area contributed by atoms with Crippen molar-refractivity contribution in [2.24, 2.45) is 11.8 Å². The molecule has 4 rings (SSSR count). The van der Waals surface area contributed by atoms with Crippen LogP contribution in [0.2, 0.25) is 0 Å². The largest absolute Gasteiger partial charge is 0.381 e. The lowest BCUT2D eigenvalue weighted by Gasteiger charge is -2.21. The highest BCUT2D eigenvalue weighted by molar-refractivity contribution is 5.61. The molecule has 0 radical (unpaired) electrons. The molecule has 3 aromatic rings. The third kappa shape index (κ3) is 3.60. The van der Waals surface area contributed by atoms with Crippen LogP contribution in [0.15, 0.2) is 30.9 Å². The molecule has 0 spiro atoms. The fourth-order valence-electron chi connectivity index (χ4n) is 3.54. The Morgan fingerprint density at radius 3 is 2.81 bits per heavy atom. The van der Waals surface area contributed by atoms with Gasteiger partial charge in [-0.2, -0.15) is 0 Å². The predicted molar refractivity (Wildman–Crippen MR) is 99.8 cm³/mol. The van der Waals surface area contributed by atoms with Crippen molar-refractivity contribution in [2.45, 2.75) is 39.5 Å². The summed E-state index contributed by atoms with van der Waals surface area (Å²) in [5, 5.41) is 0. The lowest BCUT2D eigenvalue weighted by molar-refractivity contribution is 0.0660. The van der Waals surface area contributed by atoms with Crippen LogP contribution in [-0.4, -0.2) is 37.6 Å². The van der Waals surface area contributed by atoms with E-state index >= 15 is 0 Å². The number of hydrogen-bond acceptors (Lipinski definition) is 5. The fourth-order valence-corrected chi connectivity index (χ4v) is 3.54. The number of imidazole rings is 1. The Bertz CT molecular complexity index is 883. The summed E-state index contributed by atoms with van der Waals surface area (Å²) in [6, 6.07) is 1.96. The number of hydrogen-bond donors (Lipinski definition) is 0. The van der Waals surface area contributed by atoms with E-state index in [0.717, 1.165) is 67.5 Å². The molecule has 0 atom stereocenters. The normalized spacial score (nSPS) is 15.8. The van der Waals surface area contributed by atoms with E-state index in [2.05, 4.69) is 33.2 Å². The van der Waals surface area contributed by atoms with Gasteiger partial charge in [-0.1, -0.05) is 13.8 Å². The summed E-state index contributed by atoms with van der Waals surface area (Å²) >= 11 is 0. The second-order valence-electron chi connectivity index (χ2n) is 7.43. The molecule has 3 aromatic heterocycles. The number of nitrogens with zero attached hydrogens (tertiary/aromatic N) is 5. The van der Waals surface area contributed by atoms with Crippen LogP contribution >= 0.6 is 0 Å². The lowest BCUT2D eigenvalue weighted by atomic mass is 9.96. The van der Waals surface area contributed by atoms with Gasteiger partial charge in [0.05, 0.1) is 23.3 Å². The zero-order valence-corrected chi connectivity index (χ0v) is 15.4. The van der Waals surface area contributed by atoms with Gasteiger partial charge in [0.25, 0.3) is 0 Å². The first-order chi connectivity index (χ1) is 12.7. The van der Waals surface area contributed by atoms with Crippen LogP contribution in [0.25, 0.3) is 17.0 Å². The van der Waals surface area contributed by atoms with Crippen LogP contribution in [0.5, 0.6) is 0 Å². The van der Waals surface area contributed by atoms with Crippen molar-refractivity contribution in [2.75, 3.05) is 13.2 Å². The zero-order valence-electron chi connectivity index (χ0n) is 15.4. The molecule has 0 amide bonds. The molecule has 26 heavy (non-hydrogen) atoms. The van der Waals surface area contributed by atoms with E-state index < -0.39 is 0 Å². The van der Waals surface area contributed by atoms with Crippen molar-refractivity contribution in [1.29, 1.82) is 0 Å². The van der Waals surface area contributed by atoms with E-state index in [4.69, 9.17) is 9.72 Å². The molecular weight excluding hydrogens is 326 g/mol. The van der Waals surface area contributed by atoms with Crippen LogP contribution in [-0.2, 0) is 17.6 Å². The average molecular weight is 351 g/mol. The quantitative estimate of drug-likeness (QED) is 0.705. The van der Waals surface area contributed by atoms with E-state index in [0.29, 0.717) is 11.8 Å². The molecule has 1 saturated heterocycles. The van der Waals surface area contributed by atoms with Crippen LogP contribution in [0.3, 0.4) is 0 Å². The summed E-state index contributed by atoms with van der Waals surface area (Å²) in [5.74, 6) is 2.06. The highest BCUT2D eigenvalue weighted by Crippen LogP contribution is 2.23. The minimum absolute atomic E-state index is 0.541. The highest BCUT2D eigenvalue weighted by atomic mass is 16.5. The van der Waals surface area contributed by atoms with Gasteiger partial charge in [0, 0.05) is 38.2 Å². The van der Waals surface area contributed by atoms with E-state index in [1.807, 2.05) is 30.9 Å². The molecule has 0 N–H and O–H groups in total. The molecule has 0 unspecified atom stereocenters. The van der Waals surface area contributed by atoms with Gasteiger partial charge in [0.2, 0.25) is 0 Å². The summed E-state index contributed by atoms with van der Waals surface area (Å²) in [6.07, 6.45) is 11.6. The zero-order chi connectivity index (χ0) is 17.9. The summed E-state index contributed by atoms with van der Waals surface area (Å²) in [7, 11) is 0. The second-order valence-corrected chi connectivity index (χ2v) is 7.43. The molecule has 0 aromatic carbocycles. The minimum Gasteiger partial charge on any atom is -0.381 e. The standard InChI is InChI=1S/C20H25N5O/c1-14(2)11-17-20-23-13-18(25(20)8-7-21-17)16-3-6-22-19(24-16)12-15-4-9-26-10-5-15/h3,6-8,13-15H,4-5,9-12H2,1-2H3. The monoisotopic (exact) mass is 351 g/mol. The minimum atomic E-state index is 0.541. The number of rotatable bonds is 5. The third-order valence-electron chi connectivity index (χ3n) is 4.88. The van der Waals surface area contributed by atoms with Crippen molar-refractivity contribution in [3.05, 3.63) is 42.4 Å². The Morgan fingerprint density at radius 1 is 1.15 bits per heavy atom. The Labute approximate surface area is 153 Å². The van der Waals surface area contributed by atoms with Crippen molar-refractivity contribution in [3.63, 3.8) is 0 Å². The maximum atomic E-state index is 5.45. The van der Waals surface area contributed by atoms with Crippen LogP contribution in [0.4, 0.5) is 0 Å². The van der Waals surface area contributed by atoms with Gasteiger partial charge in [-0.15, -0.1) is 0 Å². The van der Waals surface area contributed by atoms with Gasteiger partial charge in [0.1, 0.15) is 5.82 Å². The van der Waals surface area contributed by atoms with Crippen molar-refractivity contribution in [3.8, 4) is 11.4 Å². The smallest absolute Gasteiger partial charge is 0.159 e. The van der Waals surface area contributed by atoms with E-state index in [1.54, 1.807) is 0 Å². The van der Waals surface area contributed by atoms with Crippen LogP contribution in [0.1, 0.15) is 38.2 Å². The first-order valence-corrected chi connectivity index (χ1v) is 9.41. The SMILES string of the molecule is CC(C)Cc1nccn2c(-c3ccnc(CC4CCOCC4)n3)cnc12. The molecule has 1 fully saturated rings. The Balaban J connectivity index is 1.64. The second kappa shape index (κ2) is 7.50. The molecule has 0 saturated carbocycles. The molecule has 0 bridgehead atoms. The molecule has 1 aliphatic rings. The Hall–Kier alpha value is -2.34. The van der Waals surface area contributed by atoms with Gasteiger partial charge < -0.3 is 4.74 Å². The molecule has 0 aliphatic carbocycles. The van der Waals surface area contributed by atoms with Gasteiger partial charge in [0.15, 0.2) is 5.65 Å². The molecule has 136 valence electrons. The summed E-state index contributed by atoms with van der Waals surface area (Å²) in [6.45, 7) is 6.09. The first kappa shape index (κ1) is 17.1. The van der Waals surface area contributed by atoms with Crippen molar-refractivity contribution in [1.82, 2.24) is 24.3 Å². The van der Waals surface area contributed by atoms with Gasteiger partial charge in [-0.3, -0.25) is 9.38 Å². The summed E-state index contributed by atoms with van der Waals surface area (Å²) in [5.41, 5.74) is 3.85. The first-order valence-electron chi connectivity index (χ1n) is 9.41. The van der Waals surface area contributed by atoms with E-state index in [1.165, 1.54) is 0 Å². The summed E-state index contributed by atoms with van der Waals surface area (Å²) < 4.78 is 7.54. The maximum Gasteiger partial charge on any atom is 0.159 e. The summed E-state index contributed by atoms with van der Waals surface area (Å²) in [4.78, 5) is 18.4. The Kier molecular flexibility index (Phi) is 4.93. The topological polar surface area (TPSA) is 65.2 Å². The van der Waals surface area contributed by atoms with Crippen LogP contribution < -0.4 is 0 Å². The molecule has 4 heterocycles. The molecule has 6 heteroatoms. The predicted octanol–water partition coefficient (Wildman–Crippen LogP) is 3.35. The average Bonchev–Trinajstić information content (AvgIpc) is 3.08. The number of fused-ring (bicyclic) bond motifs is 1. The maximum absolute atomic E-state index is 5.45. The lowest BCUT2D eigenvalue weighted by Crippen LogP contribution is -2.18. The van der Waals surface area contributed by atoms with E-state index in [9.17, 15) is 0 Å². The van der Waals surface area contributed by atoms with Crippen LogP contribution in [0, 0.1) is 11.8 Å². The van der Waals surface area contributed by atoms with Gasteiger partial charge in [-0.05, 0) is 37.2 Å². The molecule has 6 nitrogen and oxygen atoms in total. The van der Waals surface area contributed by atoms with Crippen molar-refractivity contribution < 1.29 is 4.74 Å².